The first-order valence-corrected chi connectivity index (χ1v) is 8.28. The Morgan fingerprint density at radius 1 is 1.43 bits per heavy atom. The van der Waals surface area contributed by atoms with Gasteiger partial charge >= 0.3 is 5.69 Å². The molecular weight excluding hydrogens is 286 g/mol. The van der Waals surface area contributed by atoms with E-state index in [4.69, 9.17) is 0 Å². The normalized spacial score (nSPS) is 17.2. The van der Waals surface area contributed by atoms with Gasteiger partial charge in [0.2, 0.25) is 0 Å². The topological polar surface area (TPSA) is 68.1 Å². The molecule has 1 fully saturated rings. The van der Waals surface area contributed by atoms with Crippen molar-refractivity contribution in [2.45, 2.75) is 39.0 Å². The van der Waals surface area contributed by atoms with Gasteiger partial charge < -0.3 is 5.32 Å². The van der Waals surface area contributed by atoms with Gasteiger partial charge in [-0.25, -0.2) is 4.98 Å². The fourth-order valence-corrected chi connectivity index (χ4v) is 3.99. The van der Waals surface area contributed by atoms with Crippen molar-refractivity contribution in [1.29, 1.82) is 0 Å². The SMILES string of the molecule is CCC1(CNc2ccc3scnc3c2[N+](=O)[O-])CCCC1. The Morgan fingerprint density at radius 2 is 2.19 bits per heavy atom. The summed E-state index contributed by atoms with van der Waals surface area (Å²) in [5, 5.41) is 14.7. The summed E-state index contributed by atoms with van der Waals surface area (Å²) >= 11 is 1.43. The zero-order chi connectivity index (χ0) is 14.9. The van der Waals surface area contributed by atoms with E-state index in [2.05, 4.69) is 17.2 Å². The molecule has 1 aromatic carbocycles. The van der Waals surface area contributed by atoms with Gasteiger partial charge in [-0.2, -0.15) is 0 Å². The lowest BCUT2D eigenvalue weighted by molar-refractivity contribution is -0.382. The Morgan fingerprint density at radius 3 is 2.86 bits per heavy atom. The molecule has 1 N–H and O–H groups in total. The molecule has 3 rings (SSSR count). The molecule has 1 aliphatic rings. The van der Waals surface area contributed by atoms with Crippen molar-refractivity contribution in [2.75, 3.05) is 11.9 Å². The molecule has 2 aromatic rings. The average molecular weight is 305 g/mol. The van der Waals surface area contributed by atoms with Crippen LogP contribution in [0.5, 0.6) is 0 Å². The number of fused-ring (bicyclic) bond motifs is 1. The third-order valence-corrected chi connectivity index (χ3v) is 5.52. The van der Waals surface area contributed by atoms with Gasteiger partial charge in [0.1, 0.15) is 5.69 Å². The van der Waals surface area contributed by atoms with E-state index in [0.29, 0.717) is 16.6 Å². The smallest absolute Gasteiger partial charge is 0.319 e. The van der Waals surface area contributed by atoms with Gasteiger partial charge in [0.15, 0.2) is 5.52 Å². The van der Waals surface area contributed by atoms with Crippen molar-refractivity contribution >= 4 is 32.9 Å². The molecule has 112 valence electrons. The Balaban J connectivity index is 1.89. The number of anilines is 1. The van der Waals surface area contributed by atoms with E-state index in [1.807, 2.05) is 12.1 Å². The molecular formula is C15H19N3O2S. The van der Waals surface area contributed by atoms with Crippen molar-refractivity contribution in [3.8, 4) is 0 Å². The number of hydrogen-bond acceptors (Lipinski definition) is 5. The van der Waals surface area contributed by atoms with Crippen LogP contribution in [-0.2, 0) is 0 Å². The molecule has 1 aliphatic carbocycles. The number of aromatic nitrogens is 1. The first-order valence-electron chi connectivity index (χ1n) is 7.40. The Kier molecular flexibility index (Phi) is 3.80. The van der Waals surface area contributed by atoms with Gasteiger partial charge in [0.25, 0.3) is 0 Å². The molecule has 0 saturated heterocycles. The standard InChI is InChI=1S/C15H19N3O2S/c1-2-15(7-3-4-8-15)9-16-11-5-6-12-13(17-10-21-12)14(11)18(19)20/h5-6,10,16H,2-4,7-9H2,1H3. The summed E-state index contributed by atoms with van der Waals surface area (Å²) < 4.78 is 0.860. The van der Waals surface area contributed by atoms with Gasteiger partial charge in [-0.3, -0.25) is 10.1 Å². The number of nitrogens with one attached hydrogen (secondary N) is 1. The summed E-state index contributed by atoms with van der Waals surface area (Å²) in [5.74, 6) is 0. The van der Waals surface area contributed by atoms with E-state index in [1.54, 1.807) is 5.51 Å². The van der Waals surface area contributed by atoms with Crippen LogP contribution in [0.2, 0.25) is 0 Å². The molecule has 0 amide bonds. The highest BCUT2D eigenvalue weighted by atomic mass is 32.1. The summed E-state index contributed by atoms with van der Waals surface area (Å²) in [4.78, 5) is 15.2. The molecule has 0 atom stereocenters. The van der Waals surface area contributed by atoms with Gasteiger partial charge in [-0.05, 0) is 36.8 Å². The lowest BCUT2D eigenvalue weighted by Gasteiger charge is -2.28. The molecule has 0 aliphatic heterocycles. The molecule has 0 spiro atoms. The van der Waals surface area contributed by atoms with Crippen molar-refractivity contribution in [3.63, 3.8) is 0 Å². The zero-order valence-corrected chi connectivity index (χ0v) is 12.9. The van der Waals surface area contributed by atoms with Crippen molar-refractivity contribution in [3.05, 3.63) is 27.8 Å². The van der Waals surface area contributed by atoms with Gasteiger partial charge in [0.05, 0.1) is 15.1 Å². The summed E-state index contributed by atoms with van der Waals surface area (Å²) in [6, 6.07) is 3.73. The van der Waals surface area contributed by atoms with E-state index in [1.165, 1.54) is 37.0 Å². The van der Waals surface area contributed by atoms with E-state index >= 15 is 0 Å². The van der Waals surface area contributed by atoms with Crippen LogP contribution in [0.1, 0.15) is 39.0 Å². The van der Waals surface area contributed by atoms with Gasteiger partial charge in [-0.15, -0.1) is 11.3 Å². The molecule has 6 heteroatoms. The minimum atomic E-state index is -0.322. The number of hydrogen-bond donors (Lipinski definition) is 1. The number of thiazole rings is 1. The summed E-state index contributed by atoms with van der Waals surface area (Å²) in [6.07, 6.45) is 6.07. The minimum Gasteiger partial charge on any atom is -0.379 e. The summed E-state index contributed by atoms with van der Waals surface area (Å²) in [7, 11) is 0. The third-order valence-electron chi connectivity index (χ3n) is 4.73. The molecule has 1 aromatic heterocycles. The molecule has 1 saturated carbocycles. The molecule has 5 nitrogen and oxygen atoms in total. The van der Waals surface area contributed by atoms with Crippen LogP contribution >= 0.6 is 11.3 Å². The third kappa shape index (κ3) is 2.60. The lowest BCUT2D eigenvalue weighted by Crippen LogP contribution is -2.26. The van der Waals surface area contributed by atoms with E-state index in [0.717, 1.165) is 17.7 Å². The van der Waals surface area contributed by atoms with Crippen molar-refractivity contribution in [2.24, 2.45) is 5.41 Å². The summed E-state index contributed by atoms with van der Waals surface area (Å²) in [6.45, 7) is 3.02. The second-order valence-electron chi connectivity index (χ2n) is 5.83. The van der Waals surface area contributed by atoms with E-state index < -0.39 is 0 Å². The van der Waals surface area contributed by atoms with Crippen LogP contribution in [-0.4, -0.2) is 16.5 Å². The Bertz CT molecular complexity index is 662. The predicted octanol–water partition coefficient (Wildman–Crippen LogP) is 4.59. The fourth-order valence-electron chi connectivity index (χ4n) is 3.31. The van der Waals surface area contributed by atoms with Crippen molar-refractivity contribution < 1.29 is 4.92 Å². The lowest BCUT2D eigenvalue weighted by atomic mass is 9.83. The first-order chi connectivity index (χ1) is 10.2. The minimum absolute atomic E-state index is 0.109. The summed E-state index contributed by atoms with van der Waals surface area (Å²) in [5.41, 5.74) is 3.15. The highest BCUT2D eigenvalue weighted by Gasteiger charge is 2.32. The van der Waals surface area contributed by atoms with Crippen LogP contribution in [0.25, 0.3) is 10.2 Å². The molecule has 0 radical (unpaired) electrons. The van der Waals surface area contributed by atoms with Gasteiger partial charge in [-0.1, -0.05) is 19.8 Å². The second-order valence-corrected chi connectivity index (χ2v) is 6.72. The largest absolute Gasteiger partial charge is 0.379 e. The van der Waals surface area contributed by atoms with Crippen molar-refractivity contribution in [1.82, 2.24) is 4.98 Å². The highest BCUT2D eigenvalue weighted by Crippen LogP contribution is 2.42. The number of nitro benzene ring substituents is 1. The van der Waals surface area contributed by atoms with Crippen LogP contribution in [0.4, 0.5) is 11.4 Å². The van der Waals surface area contributed by atoms with Crippen LogP contribution in [0.15, 0.2) is 17.6 Å². The second kappa shape index (κ2) is 5.60. The maximum atomic E-state index is 11.4. The predicted molar refractivity (Wildman–Crippen MR) is 86.0 cm³/mol. The van der Waals surface area contributed by atoms with Gasteiger partial charge in [0, 0.05) is 6.54 Å². The average Bonchev–Trinajstić information content (AvgIpc) is 3.13. The van der Waals surface area contributed by atoms with E-state index in [-0.39, 0.29) is 10.6 Å². The van der Waals surface area contributed by atoms with Crippen LogP contribution in [0.3, 0.4) is 0 Å². The maximum absolute atomic E-state index is 11.4. The zero-order valence-electron chi connectivity index (χ0n) is 12.1. The number of rotatable bonds is 5. The number of nitrogens with zero attached hydrogens (tertiary/aromatic N) is 2. The molecule has 21 heavy (non-hydrogen) atoms. The van der Waals surface area contributed by atoms with Crippen LogP contribution in [0, 0.1) is 15.5 Å². The number of nitro groups is 1. The Hall–Kier alpha value is -1.69. The molecule has 0 unspecified atom stereocenters. The van der Waals surface area contributed by atoms with Crippen LogP contribution < -0.4 is 5.32 Å². The fraction of sp³-hybridized carbons (Fsp3) is 0.533. The van der Waals surface area contributed by atoms with E-state index in [9.17, 15) is 10.1 Å². The number of benzene rings is 1. The Labute approximate surface area is 127 Å². The first kappa shape index (κ1) is 14.3. The highest BCUT2D eigenvalue weighted by molar-refractivity contribution is 7.16. The quantitative estimate of drug-likeness (QED) is 0.648. The maximum Gasteiger partial charge on any atom is 0.319 e. The monoisotopic (exact) mass is 305 g/mol. The molecule has 0 bridgehead atoms. The molecule has 1 heterocycles.